The first-order valence-electron chi connectivity index (χ1n) is 7.39. The van der Waals surface area contributed by atoms with E-state index >= 15 is 0 Å². The average Bonchev–Trinajstić information content (AvgIpc) is 3.19. The van der Waals surface area contributed by atoms with Crippen LogP contribution >= 0.6 is 11.6 Å². The fraction of sp³-hybridized carbons (Fsp3) is 0.200. The highest BCUT2D eigenvalue weighted by atomic mass is 35.5. The van der Waals surface area contributed by atoms with Crippen LogP contribution in [0.25, 0.3) is 0 Å². The summed E-state index contributed by atoms with van der Waals surface area (Å²) in [5, 5.41) is 8.32. The Labute approximate surface area is 149 Å². The first-order valence-corrected chi connectivity index (χ1v) is 9.25. The van der Waals surface area contributed by atoms with E-state index in [-0.39, 0.29) is 16.5 Å². The van der Waals surface area contributed by atoms with Crippen LogP contribution in [0.3, 0.4) is 0 Å². The molecule has 1 aromatic carbocycles. The lowest BCUT2D eigenvalue weighted by atomic mass is 10.2. The van der Waals surface area contributed by atoms with Crippen molar-refractivity contribution in [2.24, 2.45) is 0 Å². The molecule has 0 fully saturated rings. The molecule has 0 unspecified atom stereocenters. The summed E-state index contributed by atoms with van der Waals surface area (Å²) in [4.78, 5) is 0.0729. The van der Waals surface area contributed by atoms with Crippen LogP contribution in [0, 0.1) is 5.82 Å². The lowest BCUT2D eigenvalue weighted by molar-refractivity contribution is 0.600. The van der Waals surface area contributed by atoms with Crippen LogP contribution in [0.15, 0.2) is 47.9 Å². The van der Waals surface area contributed by atoms with E-state index in [0.717, 1.165) is 0 Å². The van der Waals surface area contributed by atoms with Crippen LogP contribution in [0.2, 0.25) is 5.02 Å². The van der Waals surface area contributed by atoms with Gasteiger partial charge in [0.25, 0.3) is 10.0 Å². The van der Waals surface area contributed by atoms with Crippen molar-refractivity contribution >= 4 is 27.3 Å². The predicted molar refractivity (Wildman–Crippen MR) is 91.4 cm³/mol. The molecular formula is C15H15ClFN5O2S. The molecule has 132 valence electrons. The van der Waals surface area contributed by atoms with E-state index in [2.05, 4.69) is 14.9 Å². The Hall–Kier alpha value is -2.39. The van der Waals surface area contributed by atoms with Gasteiger partial charge in [-0.05, 0) is 24.6 Å². The third-order valence-corrected chi connectivity index (χ3v) is 5.16. The molecular weight excluding hydrogens is 369 g/mol. The molecule has 0 spiro atoms. The second kappa shape index (κ2) is 6.85. The highest BCUT2D eigenvalue weighted by Gasteiger charge is 2.17. The van der Waals surface area contributed by atoms with Gasteiger partial charge in [-0.3, -0.25) is 14.1 Å². The zero-order valence-corrected chi connectivity index (χ0v) is 14.8. The summed E-state index contributed by atoms with van der Waals surface area (Å²) in [7, 11) is -3.74. The number of rotatable bonds is 6. The molecule has 0 aliphatic rings. The summed E-state index contributed by atoms with van der Waals surface area (Å²) in [5.74, 6) is -0.421. The molecule has 0 saturated heterocycles. The Bertz CT molecular complexity index is 999. The van der Waals surface area contributed by atoms with Crippen molar-refractivity contribution in [1.29, 1.82) is 0 Å². The molecule has 0 saturated carbocycles. The van der Waals surface area contributed by atoms with Crippen molar-refractivity contribution in [2.45, 2.75) is 24.9 Å². The minimum atomic E-state index is -3.74. The summed E-state index contributed by atoms with van der Waals surface area (Å²) in [6.45, 7) is 2.72. The van der Waals surface area contributed by atoms with Gasteiger partial charge in [0, 0.05) is 24.0 Å². The number of hydrogen-bond acceptors (Lipinski definition) is 4. The van der Waals surface area contributed by atoms with E-state index in [9.17, 15) is 12.8 Å². The summed E-state index contributed by atoms with van der Waals surface area (Å²) >= 11 is 5.99. The zero-order chi connectivity index (χ0) is 18.0. The lowest BCUT2D eigenvalue weighted by Crippen LogP contribution is -2.12. The minimum absolute atomic E-state index is 0.0729. The van der Waals surface area contributed by atoms with Crippen molar-refractivity contribution in [3.8, 4) is 0 Å². The molecule has 0 radical (unpaired) electrons. The molecule has 7 nitrogen and oxygen atoms in total. The summed E-state index contributed by atoms with van der Waals surface area (Å²) in [6, 6.07) is 4.08. The number of hydrogen-bond donors (Lipinski definition) is 1. The van der Waals surface area contributed by atoms with E-state index in [0.29, 0.717) is 17.8 Å². The molecule has 1 N–H and O–H groups in total. The predicted octanol–water partition coefficient (Wildman–Crippen LogP) is 2.74. The number of halogens is 2. The lowest BCUT2D eigenvalue weighted by Gasteiger charge is -2.05. The van der Waals surface area contributed by atoms with Crippen LogP contribution < -0.4 is 4.72 Å². The number of sulfonamides is 1. The van der Waals surface area contributed by atoms with Crippen LogP contribution in [-0.4, -0.2) is 28.0 Å². The van der Waals surface area contributed by atoms with Gasteiger partial charge in [0.1, 0.15) is 10.7 Å². The molecule has 25 heavy (non-hydrogen) atoms. The van der Waals surface area contributed by atoms with Gasteiger partial charge in [0.15, 0.2) is 0 Å². The van der Waals surface area contributed by atoms with Gasteiger partial charge in [0.2, 0.25) is 0 Å². The van der Waals surface area contributed by atoms with Gasteiger partial charge >= 0.3 is 0 Å². The van der Waals surface area contributed by atoms with E-state index in [1.807, 2.05) is 6.92 Å². The second-order valence-electron chi connectivity index (χ2n) is 5.30. The monoisotopic (exact) mass is 383 g/mol. The van der Waals surface area contributed by atoms with Crippen molar-refractivity contribution in [1.82, 2.24) is 19.6 Å². The van der Waals surface area contributed by atoms with Crippen LogP contribution in [-0.2, 0) is 23.1 Å². The third kappa shape index (κ3) is 3.99. The van der Waals surface area contributed by atoms with Gasteiger partial charge in [-0.15, -0.1) is 0 Å². The molecule has 0 atom stereocenters. The first-order chi connectivity index (χ1) is 11.9. The molecule has 0 aliphatic carbocycles. The zero-order valence-electron chi connectivity index (χ0n) is 13.2. The van der Waals surface area contributed by atoms with Crippen LogP contribution in [0.4, 0.5) is 10.1 Å². The number of nitrogens with one attached hydrogen (secondary N) is 1. The van der Waals surface area contributed by atoms with Crippen LogP contribution in [0.5, 0.6) is 0 Å². The largest absolute Gasteiger partial charge is 0.276 e. The standard InChI is InChI=1S/C15H15ClFN5O2S/c1-2-21-10-14(7-19-21)25(23,24)20-13-6-18-22(9-13)8-11-3-4-12(17)5-15(11)16/h3-7,9-10,20H,2,8H2,1H3. The number of aromatic nitrogens is 4. The molecule has 0 bridgehead atoms. The fourth-order valence-corrected chi connectivity index (χ4v) is 3.40. The molecule has 3 rings (SSSR count). The Morgan fingerprint density at radius 2 is 1.96 bits per heavy atom. The molecule has 3 aromatic rings. The van der Waals surface area contributed by atoms with E-state index < -0.39 is 15.8 Å². The summed E-state index contributed by atoms with van der Waals surface area (Å²) in [6.07, 6.45) is 5.65. The molecule has 2 heterocycles. The normalized spacial score (nSPS) is 11.6. The number of benzene rings is 1. The molecule has 10 heteroatoms. The quantitative estimate of drug-likeness (QED) is 0.709. The average molecular weight is 384 g/mol. The first kappa shape index (κ1) is 17.4. The van der Waals surface area contributed by atoms with Gasteiger partial charge in [0.05, 0.1) is 24.6 Å². The third-order valence-electron chi connectivity index (χ3n) is 3.48. The van der Waals surface area contributed by atoms with Gasteiger partial charge < -0.3 is 0 Å². The molecule has 0 aliphatic heterocycles. The number of anilines is 1. The summed E-state index contributed by atoms with van der Waals surface area (Å²) < 4.78 is 43.2. The maximum Gasteiger partial charge on any atom is 0.265 e. The Morgan fingerprint density at radius 1 is 1.20 bits per heavy atom. The van der Waals surface area contributed by atoms with Gasteiger partial charge in [-0.1, -0.05) is 17.7 Å². The highest BCUT2D eigenvalue weighted by molar-refractivity contribution is 7.92. The fourth-order valence-electron chi connectivity index (χ4n) is 2.20. The van der Waals surface area contributed by atoms with Gasteiger partial charge in [-0.2, -0.15) is 10.2 Å². The summed E-state index contributed by atoms with van der Waals surface area (Å²) in [5.41, 5.74) is 0.979. The van der Waals surface area contributed by atoms with Crippen LogP contribution in [0.1, 0.15) is 12.5 Å². The SMILES string of the molecule is CCn1cc(S(=O)(=O)Nc2cnn(Cc3ccc(F)cc3Cl)c2)cn1. The maximum atomic E-state index is 13.1. The Balaban J connectivity index is 1.75. The highest BCUT2D eigenvalue weighted by Crippen LogP contribution is 2.20. The Morgan fingerprint density at radius 3 is 2.64 bits per heavy atom. The maximum absolute atomic E-state index is 13.1. The second-order valence-corrected chi connectivity index (χ2v) is 7.39. The van der Waals surface area contributed by atoms with E-state index in [4.69, 9.17) is 11.6 Å². The number of nitrogens with zero attached hydrogens (tertiary/aromatic N) is 4. The van der Waals surface area contributed by atoms with Crippen molar-refractivity contribution in [2.75, 3.05) is 4.72 Å². The molecule has 2 aromatic heterocycles. The van der Waals surface area contributed by atoms with Gasteiger partial charge in [-0.25, -0.2) is 12.8 Å². The van der Waals surface area contributed by atoms with Crippen molar-refractivity contribution in [3.05, 3.63) is 59.4 Å². The van der Waals surface area contributed by atoms with Crippen molar-refractivity contribution < 1.29 is 12.8 Å². The Kier molecular flexibility index (Phi) is 4.78. The smallest absolute Gasteiger partial charge is 0.265 e. The minimum Gasteiger partial charge on any atom is -0.276 e. The van der Waals surface area contributed by atoms with Crippen molar-refractivity contribution in [3.63, 3.8) is 0 Å². The molecule has 0 amide bonds. The number of aryl methyl sites for hydroxylation is 1. The topological polar surface area (TPSA) is 81.8 Å². The van der Waals surface area contributed by atoms with E-state index in [1.165, 1.54) is 46.3 Å². The van der Waals surface area contributed by atoms with E-state index in [1.54, 1.807) is 6.07 Å².